The van der Waals surface area contributed by atoms with E-state index in [1.54, 1.807) is 0 Å². The molecule has 4 aliphatic carbocycles. The van der Waals surface area contributed by atoms with Crippen molar-refractivity contribution in [3.8, 4) is 0 Å². The molecule has 11 atom stereocenters. The maximum absolute atomic E-state index is 13.0. The Balaban J connectivity index is 0.000000116. The normalized spacial score (nSPS) is 36.2. The average Bonchev–Trinajstić information content (AvgIpc) is 4.16. The molecule has 0 aromatic heterocycles. The van der Waals surface area contributed by atoms with Gasteiger partial charge < -0.3 is 24.2 Å². The highest BCUT2D eigenvalue weighted by molar-refractivity contribution is 5.82. The number of ether oxygens (including phenoxy) is 2. The van der Waals surface area contributed by atoms with Gasteiger partial charge in [0.05, 0.1) is 12.5 Å². The van der Waals surface area contributed by atoms with Crippen molar-refractivity contribution in [2.24, 2.45) is 29.6 Å². The summed E-state index contributed by atoms with van der Waals surface area (Å²) in [5, 5.41) is 0. The second-order valence-electron chi connectivity index (χ2n) is 22.8. The van der Waals surface area contributed by atoms with E-state index in [0.29, 0.717) is 60.2 Å². The molecule has 5 heterocycles. The zero-order chi connectivity index (χ0) is 46.0. The maximum Gasteiger partial charge on any atom is 0.251 e. The standard InChI is InChI=1S/C20H27NO.2C19H25NO2/c1-14-18-13-16-9-5-6-10-17(16)20(14,2)11-12-21(18)19(22)15-7-3-4-8-15;1-13-16-12-14-6-3-4-7-15(14)19(13,2)9-10-20(16)18(21)17-8-5-11-22-17;1-13-17-11-14-5-3-4-6-16(14)19(13,2)8-9-20(17)18(21)15-7-10-22-12-15/h5-6,9-10,14-15,18H,3-4,7-8,11-13H2,1-2H3;3-4,6-7,13,16-17H,5,8-12H2,1-2H3;3-6,13,15,17H,7-12H2,1-2H3/t14-,18+,20+;13-,16+,17?,19+;13-,15?,17+,19+/m111/s1. The predicted octanol–water partition coefficient (Wildman–Crippen LogP) is 9.62. The number of likely N-dealkylation sites (tertiary alicyclic amines) is 3. The molecule has 5 saturated heterocycles. The molecule has 0 N–H and O–H groups in total. The van der Waals surface area contributed by atoms with Crippen LogP contribution in [-0.4, -0.2) is 96.1 Å². The number of benzene rings is 3. The van der Waals surface area contributed by atoms with Gasteiger partial charge in [0.2, 0.25) is 11.8 Å². The quantitative estimate of drug-likeness (QED) is 0.262. The van der Waals surface area contributed by atoms with Crippen molar-refractivity contribution in [3.05, 3.63) is 106 Å². The molecule has 1 saturated carbocycles. The molecule has 6 fully saturated rings. The summed E-state index contributed by atoms with van der Waals surface area (Å²) >= 11 is 0. The van der Waals surface area contributed by atoms with Crippen LogP contribution >= 0.6 is 0 Å². The lowest BCUT2D eigenvalue weighted by Gasteiger charge is -2.55. The number of rotatable bonds is 3. The van der Waals surface area contributed by atoms with Crippen molar-refractivity contribution < 1.29 is 23.9 Å². The summed E-state index contributed by atoms with van der Waals surface area (Å²) in [5.74, 6) is 3.00. The molecule has 3 amide bonds. The minimum absolute atomic E-state index is 0.0914. The molecular weight excluding hydrogens is 819 g/mol. The van der Waals surface area contributed by atoms with Gasteiger partial charge in [-0.15, -0.1) is 0 Å². The summed E-state index contributed by atoms with van der Waals surface area (Å²) in [4.78, 5) is 45.3. The second kappa shape index (κ2) is 18.1. The molecule has 354 valence electrons. The lowest BCUT2D eigenvalue weighted by molar-refractivity contribution is -0.148. The van der Waals surface area contributed by atoms with E-state index in [9.17, 15) is 14.4 Å². The summed E-state index contributed by atoms with van der Waals surface area (Å²) in [6.07, 6.45) is 13.6. The van der Waals surface area contributed by atoms with E-state index in [0.717, 1.165) is 103 Å². The Morgan fingerprint density at radius 3 is 1.30 bits per heavy atom. The molecule has 8 heteroatoms. The number of carbonyl (C=O) groups is 3. The van der Waals surface area contributed by atoms with Crippen LogP contribution in [0.5, 0.6) is 0 Å². The third-order valence-electron chi connectivity index (χ3n) is 19.8. The smallest absolute Gasteiger partial charge is 0.251 e. The number of carbonyl (C=O) groups excluding carboxylic acids is 3. The maximum atomic E-state index is 13.0. The molecule has 6 bridgehead atoms. The molecule has 8 nitrogen and oxygen atoms in total. The largest absolute Gasteiger partial charge is 0.381 e. The number of piperidine rings is 3. The van der Waals surface area contributed by atoms with Gasteiger partial charge in [-0.3, -0.25) is 14.4 Å². The number of hydrogen-bond donors (Lipinski definition) is 0. The van der Waals surface area contributed by atoms with Crippen LogP contribution in [0.1, 0.15) is 139 Å². The molecule has 66 heavy (non-hydrogen) atoms. The van der Waals surface area contributed by atoms with Crippen LogP contribution in [0.3, 0.4) is 0 Å². The van der Waals surface area contributed by atoms with E-state index in [4.69, 9.17) is 9.47 Å². The van der Waals surface area contributed by atoms with Crippen molar-refractivity contribution in [1.82, 2.24) is 14.7 Å². The first kappa shape index (κ1) is 45.8. The molecule has 0 spiro atoms. The van der Waals surface area contributed by atoms with Crippen molar-refractivity contribution in [2.75, 3.05) is 39.5 Å². The van der Waals surface area contributed by atoms with E-state index in [2.05, 4.69) is 129 Å². The van der Waals surface area contributed by atoms with E-state index in [1.807, 2.05) is 0 Å². The van der Waals surface area contributed by atoms with Gasteiger partial charge in [0, 0.05) is 56.9 Å². The lowest BCUT2D eigenvalue weighted by atomic mass is 9.59. The fourth-order valence-corrected chi connectivity index (χ4v) is 14.9. The number of hydrogen-bond acceptors (Lipinski definition) is 5. The highest BCUT2D eigenvalue weighted by Gasteiger charge is 2.53. The predicted molar refractivity (Wildman–Crippen MR) is 260 cm³/mol. The number of fused-ring (bicyclic) bond motifs is 12. The second-order valence-corrected chi connectivity index (χ2v) is 22.8. The first-order valence-electron chi connectivity index (χ1n) is 26.2. The number of nitrogens with zero attached hydrogens (tertiary/aromatic N) is 3. The summed E-state index contributed by atoms with van der Waals surface area (Å²) in [6, 6.07) is 27.6. The Bertz CT molecular complexity index is 2030. The van der Waals surface area contributed by atoms with Crippen LogP contribution in [0.2, 0.25) is 0 Å². The Kier molecular flexibility index (Phi) is 12.6. The summed E-state index contributed by atoms with van der Waals surface area (Å²) in [5.41, 5.74) is 9.54. The van der Waals surface area contributed by atoms with E-state index in [1.165, 1.54) is 46.2 Å². The Hall–Kier alpha value is -4.01. The van der Waals surface area contributed by atoms with Gasteiger partial charge in [-0.05, 0) is 138 Å². The molecule has 3 aromatic carbocycles. The molecule has 9 aliphatic rings. The monoisotopic (exact) mass is 896 g/mol. The van der Waals surface area contributed by atoms with Crippen molar-refractivity contribution >= 4 is 17.7 Å². The molecular formula is C58H77N3O5. The fourth-order valence-electron chi connectivity index (χ4n) is 14.9. The van der Waals surface area contributed by atoms with Crippen LogP contribution in [0.25, 0.3) is 0 Å². The first-order valence-corrected chi connectivity index (χ1v) is 26.2. The third kappa shape index (κ3) is 7.76. The Morgan fingerprint density at radius 1 is 0.500 bits per heavy atom. The zero-order valence-electron chi connectivity index (χ0n) is 40.9. The molecule has 3 aromatic rings. The van der Waals surface area contributed by atoms with E-state index < -0.39 is 0 Å². The van der Waals surface area contributed by atoms with Crippen LogP contribution in [0.15, 0.2) is 72.8 Å². The van der Waals surface area contributed by atoms with Crippen LogP contribution < -0.4 is 0 Å². The topological polar surface area (TPSA) is 79.4 Å². The zero-order valence-corrected chi connectivity index (χ0v) is 40.9. The highest BCUT2D eigenvalue weighted by atomic mass is 16.5. The van der Waals surface area contributed by atoms with Crippen LogP contribution in [0.4, 0.5) is 0 Å². The van der Waals surface area contributed by atoms with Gasteiger partial charge in [0.1, 0.15) is 6.10 Å². The average molecular weight is 896 g/mol. The summed E-state index contributed by atoms with van der Waals surface area (Å²) in [7, 11) is 0. The highest BCUT2D eigenvalue weighted by Crippen LogP contribution is 2.52. The van der Waals surface area contributed by atoms with Crippen molar-refractivity contribution in [1.29, 1.82) is 0 Å². The van der Waals surface area contributed by atoms with E-state index in [-0.39, 0.29) is 34.2 Å². The van der Waals surface area contributed by atoms with E-state index >= 15 is 0 Å². The van der Waals surface area contributed by atoms with Crippen molar-refractivity contribution in [3.63, 3.8) is 0 Å². The summed E-state index contributed by atoms with van der Waals surface area (Å²) in [6.45, 7) is 19.1. The summed E-state index contributed by atoms with van der Waals surface area (Å²) < 4.78 is 11.1. The molecule has 12 rings (SSSR count). The van der Waals surface area contributed by atoms with Gasteiger partial charge in [-0.25, -0.2) is 0 Å². The SMILES string of the molecule is C[C@@H]1[C@@H]2Cc3ccccc3[C@@]1(C)CCN2C(=O)C1CCCC1.C[C@@H]1[C@@H]2Cc3ccccc3[C@@]1(C)CCN2C(=O)C1CCCO1.C[C@@H]1[C@@H]2Cc3ccccc3[C@@]1(C)CCN2C(=O)C1CCOC1. The first-order chi connectivity index (χ1) is 31.8. The third-order valence-corrected chi connectivity index (χ3v) is 19.8. The molecule has 5 aliphatic heterocycles. The van der Waals surface area contributed by atoms with Crippen molar-refractivity contribution in [2.45, 2.75) is 165 Å². The van der Waals surface area contributed by atoms with Gasteiger partial charge in [0.15, 0.2) is 0 Å². The van der Waals surface area contributed by atoms with Crippen LogP contribution in [-0.2, 0) is 59.4 Å². The van der Waals surface area contributed by atoms with Gasteiger partial charge in [-0.2, -0.15) is 0 Å². The number of amides is 3. The van der Waals surface area contributed by atoms with Gasteiger partial charge >= 0.3 is 0 Å². The molecule has 2 unspecified atom stereocenters. The molecule has 0 radical (unpaired) electrons. The fraction of sp³-hybridized carbons (Fsp3) is 0.638. The van der Waals surface area contributed by atoms with Gasteiger partial charge in [0.25, 0.3) is 5.91 Å². The lowest BCUT2D eigenvalue weighted by Crippen LogP contribution is -2.61. The minimum atomic E-state index is -0.186. The minimum Gasteiger partial charge on any atom is -0.381 e. The Morgan fingerprint density at radius 2 is 0.909 bits per heavy atom. The van der Waals surface area contributed by atoms with Gasteiger partial charge in [-0.1, -0.05) is 127 Å². The Labute approximate surface area is 395 Å². The van der Waals surface area contributed by atoms with Crippen LogP contribution in [0, 0.1) is 29.6 Å².